The van der Waals surface area contributed by atoms with Crippen molar-refractivity contribution < 1.29 is 4.39 Å². The van der Waals surface area contributed by atoms with Crippen molar-refractivity contribution in [1.29, 1.82) is 0 Å². The minimum atomic E-state index is -0.144. The predicted molar refractivity (Wildman–Crippen MR) is 51.2 cm³/mol. The van der Waals surface area contributed by atoms with Crippen molar-refractivity contribution in [1.82, 2.24) is 5.32 Å². The first-order valence-electron chi connectivity index (χ1n) is 4.71. The average Bonchev–Trinajstić information content (AvgIpc) is 2.86. The van der Waals surface area contributed by atoms with Gasteiger partial charge in [0.15, 0.2) is 0 Å². The topological polar surface area (TPSA) is 12.0 Å². The van der Waals surface area contributed by atoms with E-state index in [1.54, 1.807) is 12.1 Å². The summed E-state index contributed by atoms with van der Waals surface area (Å²) in [6, 6.07) is 6.89. The zero-order valence-electron chi connectivity index (χ0n) is 7.76. The van der Waals surface area contributed by atoms with Gasteiger partial charge in [0.2, 0.25) is 0 Å². The van der Waals surface area contributed by atoms with Crippen molar-refractivity contribution in [3.63, 3.8) is 0 Å². The lowest BCUT2D eigenvalue weighted by Crippen LogP contribution is -2.10. The molecular weight excluding hydrogens is 165 g/mol. The minimum Gasteiger partial charge on any atom is -0.319 e. The number of rotatable bonds is 3. The monoisotopic (exact) mass is 179 g/mol. The fourth-order valence-corrected chi connectivity index (χ4v) is 1.85. The van der Waals surface area contributed by atoms with Crippen LogP contribution in [0.25, 0.3) is 0 Å². The van der Waals surface area contributed by atoms with Gasteiger partial charge in [0.25, 0.3) is 0 Å². The SMILES string of the molecule is CNC[C@H]1C[C@@H]1c1ccc(F)cc1. The summed E-state index contributed by atoms with van der Waals surface area (Å²) in [6.07, 6.45) is 1.24. The van der Waals surface area contributed by atoms with Crippen LogP contribution in [0.3, 0.4) is 0 Å². The summed E-state index contributed by atoms with van der Waals surface area (Å²) in [6.45, 7) is 1.07. The van der Waals surface area contributed by atoms with Gasteiger partial charge in [-0.3, -0.25) is 0 Å². The molecule has 0 spiro atoms. The van der Waals surface area contributed by atoms with Crippen molar-refractivity contribution in [3.05, 3.63) is 35.6 Å². The van der Waals surface area contributed by atoms with E-state index in [1.165, 1.54) is 12.0 Å². The van der Waals surface area contributed by atoms with Crippen LogP contribution in [-0.4, -0.2) is 13.6 Å². The molecule has 2 rings (SSSR count). The molecule has 0 bridgehead atoms. The molecule has 0 heterocycles. The molecule has 1 aliphatic rings. The van der Waals surface area contributed by atoms with Crippen molar-refractivity contribution >= 4 is 0 Å². The lowest BCUT2D eigenvalue weighted by molar-refractivity contribution is 0.626. The Labute approximate surface area is 78.0 Å². The summed E-state index contributed by atoms with van der Waals surface area (Å²) in [7, 11) is 1.97. The number of hydrogen-bond acceptors (Lipinski definition) is 1. The molecule has 1 fully saturated rings. The van der Waals surface area contributed by atoms with Gasteiger partial charge in [0.1, 0.15) is 5.82 Å². The Bertz CT molecular complexity index is 281. The molecule has 2 heteroatoms. The first-order valence-corrected chi connectivity index (χ1v) is 4.71. The summed E-state index contributed by atoms with van der Waals surface area (Å²) in [4.78, 5) is 0. The maximum absolute atomic E-state index is 12.6. The van der Waals surface area contributed by atoms with Crippen LogP contribution >= 0.6 is 0 Å². The van der Waals surface area contributed by atoms with Gasteiger partial charge < -0.3 is 5.32 Å². The van der Waals surface area contributed by atoms with E-state index in [1.807, 2.05) is 19.2 Å². The molecule has 13 heavy (non-hydrogen) atoms. The lowest BCUT2D eigenvalue weighted by Gasteiger charge is -1.99. The van der Waals surface area contributed by atoms with Crippen LogP contribution < -0.4 is 5.32 Å². The van der Waals surface area contributed by atoms with Crippen molar-refractivity contribution in [2.24, 2.45) is 5.92 Å². The van der Waals surface area contributed by atoms with E-state index in [0.29, 0.717) is 5.92 Å². The highest BCUT2D eigenvalue weighted by molar-refractivity contribution is 5.26. The molecule has 1 N–H and O–H groups in total. The van der Waals surface area contributed by atoms with Gasteiger partial charge in [-0.1, -0.05) is 12.1 Å². The van der Waals surface area contributed by atoms with Crippen molar-refractivity contribution in [3.8, 4) is 0 Å². The van der Waals surface area contributed by atoms with E-state index in [-0.39, 0.29) is 5.82 Å². The van der Waals surface area contributed by atoms with E-state index in [9.17, 15) is 4.39 Å². The van der Waals surface area contributed by atoms with Gasteiger partial charge >= 0.3 is 0 Å². The number of halogens is 1. The van der Waals surface area contributed by atoms with Crippen LogP contribution in [0.2, 0.25) is 0 Å². The Morgan fingerprint density at radius 1 is 1.38 bits per heavy atom. The average molecular weight is 179 g/mol. The third-order valence-corrected chi connectivity index (χ3v) is 2.69. The normalized spacial score (nSPS) is 26.0. The Hall–Kier alpha value is -0.890. The van der Waals surface area contributed by atoms with E-state index >= 15 is 0 Å². The van der Waals surface area contributed by atoms with Gasteiger partial charge in [-0.05, 0) is 49.5 Å². The second-order valence-electron chi connectivity index (χ2n) is 3.71. The molecule has 0 saturated heterocycles. The summed E-state index contributed by atoms with van der Waals surface area (Å²) in [5.41, 5.74) is 1.28. The number of benzene rings is 1. The van der Waals surface area contributed by atoms with Crippen molar-refractivity contribution in [2.75, 3.05) is 13.6 Å². The predicted octanol–water partition coefficient (Wildman–Crippen LogP) is 2.15. The smallest absolute Gasteiger partial charge is 0.123 e. The highest BCUT2D eigenvalue weighted by atomic mass is 19.1. The Morgan fingerprint density at radius 2 is 2.08 bits per heavy atom. The first kappa shape index (κ1) is 8.70. The second kappa shape index (κ2) is 3.46. The number of hydrogen-bond donors (Lipinski definition) is 1. The fourth-order valence-electron chi connectivity index (χ4n) is 1.85. The summed E-state index contributed by atoms with van der Waals surface area (Å²) < 4.78 is 12.6. The molecule has 0 aliphatic heterocycles. The molecule has 0 unspecified atom stereocenters. The maximum atomic E-state index is 12.6. The molecule has 2 atom stereocenters. The van der Waals surface area contributed by atoms with Crippen LogP contribution in [-0.2, 0) is 0 Å². The number of nitrogens with one attached hydrogen (secondary N) is 1. The molecule has 70 valence electrons. The van der Waals surface area contributed by atoms with Gasteiger partial charge in [-0.25, -0.2) is 4.39 Å². The standard InChI is InChI=1S/C11H14FN/c1-13-7-9-6-11(9)8-2-4-10(12)5-3-8/h2-5,9,11,13H,6-7H2,1H3/t9-,11-/m1/s1. The largest absolute Gasteiger partial charge is 0.319 e. The van der Waals surface area contributed by atoms with E-state index in [2.05, 4.69) is 5.32 Å². The van der Waals surface area contributed by atoms with Crippen LogP contribution in [0.4, 0.5) is 4.39 Å². The van der Waals surface area contributed by atoms with E-state index in [4.69, 9.17) is 0 Å². The maximum Gasteiger partial charge on any atom is 0.123 e. The highest BCUT2D eigenvalue weighted by Crippen LogP contribution is 2.46. The summed E-state index contributed by atoms with van der Waals surface area (Å²) in [5.74, 6) is 1.28. The fraction of sp³-hybridized carbons (Fsp3) is 0.455. The third kappa shape index (κ3) is 1.89. The zero-order chi connectivity index (χ0) is 9.26. The van der Waals surface area contributed by atoms with Gasteiger partial charge in [-0.2, -0.15) is 0 Å². The first-order chi connectivity index (χ1) is 6.31. The molecule has 1 nitrogen and oxygen atoms in total. The van der Waals surface area contributed by atoms with Crippen LogP contribution in [0.5, 0.6) is 0 Å². The Kier molecular flexibility index (Phi) is 2.32. The lowest BCUT2D eigenvalue weighted by atomic mass is 10.1. The van der Waals surface area contributed by atoms with E-state index in [0.717, 1.165) is 12.5 Å². The Morgan fingerprint density at radius 3 is 2.69 bits per heavy atom. The third-order valence-electron chi connectivity index (χ3n) is 2.69. The summed E-state index contributed by atoms with van der Waals surface area (Å²) in [5, 5.41) is 3.17. The zero-order valence-corrected chi connectivity index (χ0v) is 7.76. The Balaban J connectivity index is 2.00. The molecule has 0 radical (unpaired) electrons. The quantitative estimate of drug-likeness (QED) is 0.749. The van der Waals surface area contributed by atoms with E-state index < -0.39 is 0 Å². The van der Waals surface area contributed by atoms with Crippen LogP contribution in [0, 0.1) is 11.7 Å². The molecule has 0 amide bonds. The van der Waals surface area contributed by atoms with Crippen LogP contribution in [0.1, 0.15) is 17.9 Å². The highest BCUT2D eigenvalue weighted by Gasteiger charge is 2.37. The second-order valence-corrected chi connectivity index (χ2v) is 3.71. The van der Waals surface area contributed by atoms with Crippen LogP contribution in [0.15, 0.2) is 24.3 Å². The van der Waals surface area contributed by atoms with Gasteiger partial charge in [0.05, 0.1) is 0 Å². The summed E-state index contributed by atoms with van der Waals surface area (Å²) >= 11 is 0. The molecular formula is C11H14FN. The molecule has 0 aromatic heterocycles. The molecule has 1 aliphatic carbocycles. The van der Waals surface area contributed by atoms with Gasteiger partial charge in [-0.15, -0.1) is 0 Å². The molecule has 1 saturated carbocycles. The van der Waals surface area contributed by atoms with Crippen molar-refractivity contribution in [2.45, 2.75) is 12.3 Å². The van der Waals surface area contributed by atoms with Gasteiger partial charge in [0, 0.05) is 0 Å². The molecule has 1 aromatic rings. The molecule has 1 aromatic carbocycles. The minimum absolute atomic E-state index is 0.144.